The molecule has 94 valence electrons. The van der Waals surface area contributed by atoms with Crippen LogP contribution in [0.15, 0.2) is 29.8 Å². The van der Waals surface area contributed by atoms with E-state index >= 15 is 0 Å². The summed E-state index contributed by atoms with van der Waals surface area (Å²) in [5.74, 6) is 1.63. The van der Waals surface area contributed by atoms with E-state index in [1.807, 2.05) is 18.2 Å². The van der Waals surface area contributed by atoms with Crippen molar-refractivity contribution in [1.82, 2.24) is 0 Å². The van der Waals surface area contributed by atoms with Crippen molar-refractivity contribution in [3.8, 4) is 11.5 Å². The summed E-state index contributed by atoms with van der Waals surface area (Å²) in [6.07, 6.45) is 2.36. The number of fused-ring (bicyclic) bond motifs is 2. The van der Waals surface area contributed by atoms with Crippen LogP contribution in [0.4, 0.5) is 0 Å². The number of hydrogen-bond acceptors (Lipinski definition) is 4. The molecule has 0 aromatic heterocycles. The predicted molar refractivity (Wildman–Crippen MR) is 64.7 cm³/mol. The van der Waals surface area contributed by atoms with Crippen molar-refractivity contribution in [2.24, 2.45) is 5.92 Å². The van der Waals surface area contributed by atoms with Gasteiger partial charge in [0.1, 0.15) is 18.1 Å². The van der Waals surface area contributed by atoms with Crippen LogP contribution >= 0.6 is 0 Å². The summed E-state index contributed by atoms with van der Waals surface area (Å²) in [5.41, 5.74) is 2.11. The number of methoxy groups -OCH3 is 1. The molecule has 18 heavy (non-hydrogen) atoms. The van der Waals surface area contributed by atoms with Gasteiger partial charge in [0.25, 0.3) is 0 Å². The summed E-state index contributed by atoms with van der Waals surface area (Å²) >= 11 is 0. The highest BCUT2D eigenvalue weighted by molar-refractivity contribution is 5.84. The number of hydrogen-bond donors (Lipinski definition) is 0. The number of benzene rings is 1. The predicted octanol–water partition coefficient (Wildman–Crippen LogP) is 1.73. The fraction of sp³-hybridized carbons (Fsp3) is 0.357. The summed E-state index contributed by atoms with van der Waals surface area (Å²) < 4.78 is 16.0. The summed E-state index contributed by atoms with van der Waals surface area (Å²) in [6, 6.07) is 5.77. The minimum atomic E-state index is -0.270. The standard InChI is InChI=1S/C14H14O4/c1-16-12-2-3-13-9(5-12)4-10-8-18-14(15)6-11(10)7-17-13/h2-3,5-6,10H,4,7-8H2,1H3. The Morgan fingerprint density at radius 1 is 1.33 bits per heavy atom. The van der Waals surface area contributed by atoms with Crippen molar-refractivity contribution < 1.29 is 19.0 Å². The second kappa shape index (κ2) is 4.37. The first-order chi connectivity index (χ1) is 8.76. The number of carbonyl (C=O) groups is 1. The van der Waals surface area contributed by atoms with Crippen LogP contribution < -0.4 is 9.47 Å². The van der Waals surface area contributed by atoms with Gasteiger partial charge in [-0.25, -0.2) is 4.79 Å². The quantitative estimate of drug-likeness (QED) is 0.708. The molecule has 0 N–H and O–H groups in total. The first-order valence-electron chi connectivity index (χ1n) is 5.93. The maximum atomic E-state index is 11.2. The second-order valence-corrected chi connectivity index (χ2v) is 4.51. The van der Waals surface area contributed by atoms with E-state index in [9.17, 15) is 4.79 Å². The fourth-order valence-corrected chi connectivity index (χ4v) is 2.36. The van der Waals surface area contributed by atoms with E-state index in [2.05, 4.69) is 0 Å². The Kier molecular flexibility index (Phi) is 2.70. The van der Waals surface area contributed by atoms with Gasteiger partial charge in [-0.05, 0) is 35.8 Å². The lowest BCUT2D eigenvalue weighted by atomic mass is 9.92. The normalized spacial score (nSPS) is 21.7. The summed E-state index contributed by atoms with van der Waals surface area (Å²) in [7, 11) is 1.65. The van der Waals surface area contributed by atoms with Crippen LogP contribution in [0.2, 0.25) is 0 Å². The smallest absolute Gasteiger partial charge is 0.330 e. The van der Waals surface area contributed by atoms with Crippen LogP contribution in [0.1, 0.15) is 5.56 Å². The number of ether oxygens (including phenoxy) is 3. The molecule has 2 aliphatic heterocycles. The molecule has 0 spiro atoms. The molecule has 3 rings (SSSR count). The molecule has 0 saturated carbocycles. The second-order valence-electron chi connectivity index (χ2n) is 4.51. The van der Waals surface area contributed by atoms with Gasteiger partial charge >= 0.3 is 5.97 Å². The lowest BCUT2D eigenvalue weighted by Crippen LogP contribution is -2.24. The van der Waals surface area contributed by atoms with Gasteiger partial charge in [0.15, 0.2) is 0 Å². The first-order valence-corrected chi connectivity index (χ1v) is 5.93. The minimum absolute atomic E-state index is 0.219. The Morgan fingerprint density at radius 3 is 3.06 bits per heavy atom. The molecule has 0 saturated heterocycles. The van der Waals surface area contributed by atoms with Crippen LogP contribution in [-0.4, -0.2) is 26.3 Å². The molecular formula is C14H14O4. The van der Waals surface area contributed by atoms with Crippen molar-refractivity contribution in [2.45, 2.75) is 6.42 Å². The highest BCUT2D eigenvalue weighted by atomic mass is 16.5. The fourth-order valence-electron chi connectivity index (χ4n) is 2.36. The Balaban J connectivity index is 1.94. The molecule has 1 atom stereocenters. The van der Waals surface area contributed by atoms with Crippen LogP contribution in [0.3, 0.4) is 0 Å². The van der Waals surface area contributed by atoms with E-state index < -0.39 is 0 Å². The number of rotatable bonds is 1. The third kappa shape index (κ3) is 1.94. The van der Waals surface area contributed by atoms with Crippen LogP contribution in [-0.2, 0) is 16.0 Å². The first kappa shape index (κ1) is 11.1. The van der Waals surface area contributed by atoms with Gasteiger partial charge in [-0.3, -0.25) is 0 Å². The van der Waals surface area contributed by atoms with E-state index in [1.165, 1.54) is 0 Å². The van der Waals surface area contributed by atoms with Gasteiger partial charge in [-0.15, -0.1) is 0 Å². The average Bonchev–Trinajstić information content (AvgIpc) is 2.56. The van der Waals surface area contributed by atoms with E-state index in [1.54, 1.807) is 13.2 Å². The van der Waals surface area contributed by atoms with Gasteiger partial charge in [-0.1, -0.05) is 0 Å². The van der Waals surface area contributed by atoms with Gasteiger partial charge in [0.2, 0.25) is 0 Å². The Morgan fingerprint density at radius 2 is 2.22 bits per heavy atom. The molecule has 0 bridgehead atoms. The monoisotopic (exact) mass is 246 g/mol. The molecule has 0 fully saturated rings. The number of esters is 1. The molecule has 2 heterocycles. The molecule has 0 amide bonds. The maximum absolute atomic E-state index is 11.2. The highest BCUT2D eigenvalue weighted by Crippen LogP contribution is 2.33. The Bertz CT molecular complexity index is 519. The van der Waals surface area contributed by atoms with E-state index in [0.29, 0.717) is 13.2 Å². The van der Waals surface area contributed by atoms with Crippen LogP contribution in [0, 0.1) is 5.92 Å². The highest BCUT2D eigenvalue weighted by Gasteiger charge is 2.27. The molecule has 4 heteroatoms. The maximum Gasteiger partial charge on any atom is 0.330 e. The van der Waals surface area contributed by atoms with Gasteiger partial charge in [0, 0.05) is 12.0 Å². The van der Waals surface area contributed by atoms with Crippen molar-refractivity contribution in [3.63, 3.8) is 0 Å². The molecular weight excluding hydrogens is 232 g/mol. The average molecular weight is 246 g/mol. The van der Waals surface area contributed by atoms with E-state index in [0.717, 1.165) is 29.1 Å². The summed E-state index contributed by atoms with van der Waals surface area (Å²) in [6.45, 7) is 0.893. The van der Waals surface area contributed by atoms with Crippen molar-refractivity contribution in [3.05, 3.63) is 35.4 Å². The van der Waals surface area contributed by atoms with Gasteiger partial charge in [-0.2, -0.15) is 0 Å². The number of carbonyl (C=O) groups excluding carboxylic acids is 1. The molecule has 0 radical (unpaired) electrons. The van der Waals surface area contributed by atoms with Crippen molar-refractivity contribution in [2.75, 3.05) is 20.3 Å². The Hall–Kier alpha value is -1.97. The third-order valence-corrected chi connectivity index (χ3v) is 3.38. The molecule has 1 aromatic carbocycles. The van der Waals surface area contributed by atoms with Crippen LogP contribution in [0.5, 0.6) is 11.5 Å². The van der Waals surface area contributed by atoms with Gasteiger partial charge < -0.3 is 14.2 Å². The van der Waals surface area contributed by atoms with Crippen molar-refractivity contribution in [1.29, 1.82) is 0 Å². The molecule has 1 aromatic rings. The lowest BCUT2D eigenvalue weighted by Gasteiger charge is -2.20. The summed E-state index contributed by atoms with van der Waals surface area (Å²) in [5, 5.41) is 0. The topological polar surface area (TPSA) is 44.8 Å². The zero-order chi connectivity index (χ0) is 12.5. The summed E-state index contributed by atoms with van der Waals surface area (Å²) in [4.78, 5) is 11.2. The molecule has 0 aliphatic carbocycles. The third-order valence-electron chi connectivity index (χ3n) is 3.38. The minimum Gasteiger partial charge on any atom is -0.497 e. The van der Waals surface area contributed by atoms with Gasteiger partial charge in [0.05, 0.1) is 13.7 Å². The lowest BCUT2D eigenvalue weighted by molar-refractivity contribution is -0.140. The Labute approximate surface area is 105 Å². The number of cyclic esters (lactones) is 1. The molecule has 2 aliphatic rings. The van der Waals surface area contributed by atoms with Crippen LogP contribution in [0.25, 0.3) is 0 Å². The SMILES string of the molecule is COc1ccc2c(c1)CC1COC(=O)C=C1CO2. The zero-order valence-corrected chi connectivity index (χ0v) is 10.1. The largest absolute Gasteiger partial charge is 0.497 e. The zero-order valence-electron chi connectivity index (χ0n) is 10.1. The van der Waals surface area contributed by atoms with Crippen molar-refractivity contribution >= 4 is 5.97 Å². The molecule has 4 nitrogen and oxygen atoms in total. The van der Waals surface area contributed by atoms with E-state index in [-0.39, 0.29) is 11.9 Å². The van der Waals surface area contributed by atoms with E-state index in [4.69, 9.17) is 14.2 Å². The molecule has 1 unspecified atom stereocenters.